The maximum absolute atomic E-state index is 13.3. The molecule has 4 nitrogen and oxygen atoms in total. The summed E-state index contributed by atoms with van der Waals surface area (Å²) in [6.07, 6.45) is 0. The van der Waals surface area contributed by atoms with Gasteiger partial charge >= 0.3 is 0 Å². The minimum Gasteiger partial charge on any atom is -0.247 e. The van der Waals surface area contributed by atoms with Gasteiger partial charge in [-0.25, -0.2) is 16.6 Å². The lowest BCUT2D eigenvalue weighted by Crippen LogP contribution is -2.16. The van der Waals surface area contributed by atoms with E-state index in [2.05, 4.69) is 0 Å². The van der Waals surface area contributed by atoms with E-state index in [-0.39, 0.29) is 9.92 Å². The highest BCUT2D eigenvalue weighted by molar-refractivity contribution is 7.91. The van der Waals surface area contributed by atoms with Crippen LogP contribution >= 0.6 is 0 Å². The van der Waals surface area contributed by atoms with Gasteiger partial charge in [0.15, 0.2) is 0 Å². The molecule has 0 saturated heterocycles. The van der Waals surface area contributed by atoms with E-state index in [1.807, 2.05) is 31.2 Å². The average molecular weight is 396 g/mol. The standard InChI is InChI=1S/C21H17NO3S2/c1-16-11-13-18(14-12-16)26(23)21-15-17-7-5-6-10-20(17)22(21)27(24,25)19-8-3-2-4-9-19/h2-15H,1H3/t26-/m0/s1. The second-order valence-electron chi connectivity index (χ2n) is 6.21. The molecule has 1 atom stereocenters. The number of hydrogen-bond donors (Lipinski definition) is 0. The van der Waals surface area contributed by atoms with Gasteiger partial charge in [0.25, 0.3) is 10.0 Å². The lowest BCUT2D eigenvalue weighted by molar-refractivity contribution is 0.584. The summed E-state index contributed by atoms with van der Waals surface area (Å²) in [4.78, 5) is 0.724. The van der Waals surface area contributed by atoms with Gasteiger partial charge in [0.1, 0.15) is 15.8 Å². The molecule has 0 aliphatic carbocycles. The predicted molar refractivity (Wildman–Crippen MR) is 107 cm³/mol. The number of rotatable bonds is 4. The number of hydrogen-bond acceptors (Lipinski definition) is 3. The van der Waals surface area contributed by atoms with Crippen molar-refractivity contribution in [1.29, 1.82) is 0 Å². The highest BCUT2D eigenvalue weighted by Crippen LogP contribution is 2.30. The Hall–Kier alpha value is -2.70. The highest BCUT2D eigenvalue weighted by Gasteiger charge is 2.26. The third kappa shape index (κ3) is 3.11. The number of aryl methyl sites for hydroxylation is 1. The minimum absolute atomic E-state index is 0.161. The van der Waals surface area contributed by atoms with Gasteiger partial charge in [-0.1, -0.05) is 54.1 Å². The van der Waals surface area contributed by atoms with Crippen LogP contribution in [0, 0.1) is 6.92 Å². The van der Waals surface area contributed by atoms with Crippen LogP contribution in [0.15, 0.2) is 99.7 Å². The Bertz CT molecular complexity index is 1240. The third-order valence-electron chi connectivity index (χ3n) is 4.34. The molecular formula is C21H17NO3S2. The van der Waals surface area contributed by atoms with Gasteiger partial charge in [0, 0.05) is 10.3 Å². The van der Waals surface area contributed by atoms with Crippen molar-refractivity contribution in [3.8, 4) is 0 Å². The van der Waals surface area contributed by atoms with Crippen LogP contribution < -0.4 is 0 Å². The van der Waals surface area contributed by atoms with E-state index in [0.717, 1.165) is 10.9 Å². The molecule has 0 N–H and O–H groups in total. The summed E-state index contributed by atoms with van der Waals surface area (Å²) in [5.41, 5.74) is 1.56. The van der Waals surface area contributed by atoms with Crippen LogP contribution in [0.4, 0.5) is 0 Å². The van der Waals surface area contributed by atoms with Gasteiger partial charge in [-0.05, 0) is 43.3 Å². The van der Waals surface area contributed by atoms with Crippen LogP contribution in [0.1, 0.15) is 5.56 Å². The number of benzene rings is 3. The summed E-state index contributed by atoms with van der Waals surface area (Å²) in [5.74, 6) is 0. The van der Waals surface area contributed by atoms with Crippen LogP contribution in [0.5, 0.6) is 0 Å². The smallest absolute Gasteiger partial charge is 0.247 e. The van der Waals surface area contributed by atoms with Crippen molar-refractivity contribution < 1.29 is 12.6 Å². The van der Waals surface area contributed by atoms with Gasteiger partial charge in [0.2, 0.25) is 0 Å². The maximum atomic E-state index is 13.3. The highest BCUT2D eigenvalue weighted by atomic mass is 32.2. The van der Waals surface area contributed by atoms with Crippen molar-refractivity contribution in [3.63, 3.8) is 0 Å². The molecule has 0 fully saturated rings. The van der Waals surface area contributed by atoms with Gasteiger partial charge < -0.3 is 0 Å². The third-order valence-corrected chi connectivity index (χ3v) is 7.58. The van der Waals surface area contributed by atoms with Crippen LogP contribution in [0.2, 0.25) is 0 Å². The molecule has 3 aromatic carbocycles. The summed E-state index contributed by atoms with van der Waals surface area (Å²) < 4.78 is 41.2. The molecule has 0 saturated carbocycles. The Morgan fingerprint density at radius 2 is 1.44 bits per heavy atom. The van der Waals surface area contributed by atoms with Crippen molar-refractivity contribution in [2.75, 3.05) is 0 Å². The summed E-state index contributed by atoms with van der Waals surface area (Å²) in [6.45, 7) is 1.95. The Morgan fingerprint density at radius 1 is 0.815 bits per heavy atom. The van der Waals surface area contributed by atoms with E-state index >= 15 is 0 Å². The molecule has 0 aliphatic heterocycles. The number of fused-ring (bicyclic) bond motifs is 1. The predicted octanol–water partition coefficient (Wildman–Crippen LogP) is 4.35. The molecule has 0 bridgehead atoms. The summed E-state index contributed by atoms with van der Waals surface area (Å²) in [6, 6.07) is 24.3. The molecule has 4 rings (SSSR count). The number of nitrogens with zero attached hydrogens (tertiary/aromatic N) is 1. The van der Waals surface area contributed by atoms with E-state index in [1.54, 1.807) is 60.7 Å². The monoisotopic (exact) mass is 395 g/mol. The summed E-state index contributed by atoms with van der Waals surface area (Å²) in [7, 11) is -5.53. The summed E-state index contributed by atoms with van der Waals surface area (Å²) in [5, 5.41) is 0.969. The Labute approximate surface area is 160 Å². The maximum Gasteiger partial charge on any atom is 0.269 e. The van der Waals surface area contributed by atoms with Crippen molar-refractivity contribution >= 4 is 31.7 Å². The first-order valence-corrected chi connectivity index (χ1v) is 11.0. The SMILES string of the molecule is Cc1ccc([S@](=O)c2cc3ccccc3n2S(=O)(=O)c2ccccc2)cc1. The Morgan fingerprint density at radius 3 is 2.15 bits per heavy atom. The zero-order chi connectivity index (χ0) is 19.0. The van der Waals surface area contributed by atoms with Crippen LogP contribution in [-0.4, -0.2) is 16.6 Å². The molecular weight excluding hydrogens is 378 g/mol. The van der Waals surface area contributed by atoms with E-state index in [4.69, 9.17) is 0 Å². The van der Waals surface area contributed by atoms with Gasteiger partial charge in [-0.3, -0.25) is 0 Å². The molecule has 1 aromatic heterocycles. The van der Waals surface area contributed by atoms with E-state index in [1.165, 1.54) is 3.97 Å². The minimum atomic E-state index is -3.89. The van der Waals surface area contributed by atoms with Gasteiger partial charge in [-0.15, -0.1) is 0 Å². The lowest BCUT2D eigenvalue weighted by atomic mass is 10.2. The fourth-order valence-electron chi connectivity index (χ4n) is 2.96. The van der Waals surface area contributed by atoms with Crippen LogP contribution in [-0.2, 0) is 20.8 Å². The lowest BCUT2D eigenvalue weighted by Gasteiger charge is -2.12. The Balaban J connectivity index is 1.98. The molecule has 0 unspecified atom stereocenters. The second kappa shape index (κ2) is 6.79. The van der Waals surface area contributed by atoms with Crippen molar-refractivity contribution in [2.24, 2.45) is 0 Å². The van der Waals surface area contributed by atoms with Crippen molar-refractivity contribution in [3.05, 3.63) is 90.5 Å². The fourth-order valence-corrected chi connectivity index (χ4v) is 5.99. The largest absolute Gasteiger partial charge is 0.269 e. The second-order valence-corrected chi connectivity index (χ2v) is 9.42. The molecule has 6 heteroatoms. The molecule has 0 spiro atoms. The zero-order valence-electron chi connectivity index (χ0n) is 14.6. The zero-order valence-corrected chi connectivity index (χ0v) is 16.2. The molecule has 0 aliphatic rings. The Kier molecular flexibility index (Phi) is 4.45. The van der Waals surface area contributed by atoms with Gasteiger partial charge in [-0.2, -0.15) is 0 Å². The fraction of sp³-hybridized carbons (Fsp3) is 0.0476. The van der Waals surface area contributed by atoms with Crippen molar-refractivity contribution in [1.82, 2.24) is 3.97 Å². The normalized spacial score (nSPS) is 12.9. The molecule has 0 radical (unpaired) electrons. The molecule has 136 valence electrons. The van der Waals surface area contributed by atoms with Crippen LogP contribution in [0.25, 0.3) is 10.9 Å². The number of para-hydroxylation sites is 1. The molecule has 27 heavy (non-hydrogen) atoms. The molecule has 0 amide bonds. The topological polar surface area (TPSA) is 56.1 Å². The van der Waals surface area contributed by atoms with Crippen molar-refractivity contribution in [2.45, 2.75) is 21.7 Å². The molecule has 4 aromatic rings. The first-order chi connectivity index (χ1) is 13.0. The van der Waals surface area contributed by atoms with E-state index < -0.39 is 20.8 Å². The first-order valence-electron chi connectivity index (χ1n) is 8.38. The van der Waals surface area contributed by atoms with Gasteiger partial charge in [0.05, 0.1) is 10.4 Å². The summed E-state index contributed by atoms with van der Waals surface area (Å²) >= 11 is 0. The molecule has 1 heterocycles. The van der Waals surface area contributed by atoms with E-state index in [0.29, 0.717) is 10.4 Å². The van der Waals surface area contributed by atoms with E-state index in [9.17, 15) is 12.6 Å². The van der Waals surface area contributed by atoms with Crippen LogP contribution in [0.3, 0.4) is 0 Å². The average Bonchev–Trinajstić information content (AvgIpc) is 3.09. The number of aromatic nitrogens is 1. The first kappa shape index (κ1) is 17.7. The quantitative estimate of drug-likeness (QED) is 0.516.